The molecule has 1 spiro atoms. The number of benzene rings is 10. The Bertz CT molecular complexity index is 3420. The first-order valence-electron chi connectivity index (χ1n) is 22.2. The average Bonchev–Trinajstić information content (AvgIpc) is 3.91. The molecule has 0 aromatic heterocycles. The van der Waals surface area contributed by atoms with E-state index in [1.165, 1.54) is 105 Å². The van der Waals surface area contributed by atoms with Crippen molar-refractivity contribution in [2.45, 2.75) is 24.7 Å². The molecular formula is C62H43N. The van der Waals surface area contributed by atoms with Crippen LogP contribution in [-0.4, -0.2) is 0 Å². The first-order valence-corrected chi connectivity index (χ1v) is 22.2. The second kappa shape index (κ2) is 13.4. The summed E-state index contributed by atoms with van der Waals surface area (Å²) in [6.07, 6.45) is 0. The topological polar surface area (TPSA) is 3.24 Å². The maximum absolute atomic E-state index is 2.49. The van der Waals surface area contributed by atoms with E-state index in [1.807, 2.05) is 0 Å². The third kappa shape index (κ3) is 4.94. The van der Waals surface area contributed by atoms with Gasteiger partial charge in [0.25, 0.3) is 0 Å². The molecule has 10 aromatic carbocycles. The fraction of sp³-hybridized carbons (Fsp3) is 0.0645. The van der Waals surface area contributed by atoms with E-state index in [9.17, 15) is 0 Å². The Hall–Kier alpha value is -7.74. The van der Waals surface area contributed by atoms with Crippen LogP contribution in [0.3, 0.4) is 0 Å². The molecule has 0 N–H and O–H groups in total. The first kappa shape index (κ1) is 36.0. The highest BCUT2D eigenvalue weighted by Gasteiger charge is 2.52. The molecule has 1 heteroatoms. The summed E-state index contributed by atoms with van der Waals surface area (Å²) in [6.45, 7) is 4.79. The minimum atomic E-state index is -0.377. The third-order valence-electron chi connectivity index (χ3n) is 14.5. The highest BCUT2D eigenvalue weighted by atomic mass is 15.1. The summed E-state index contributed by atoms with van der Waals surface area (Å²) in [5.74, 6) is 0. The van der Waals surface area contributed by atoms with Gasteiger partial charge in [-0.15, -0.1) is 0 Å². The molecule has 0 heterocycles. The van der Waals surface area contributed by atoms with Crippen LogP contribution in [0.5, 0.6) is 0 Å². The molecule has 0 saturated heterocycles. The Morgan fingerprint density at radius 2 is 0.794 bits per heavy atom. The van der Waals surface area contributed by atoms with Gasteiger partial charge in [-0.3, -0.25) is 0 Å². The molecule has 13 rings (SSSR count). The number of anilines is 3. The van der Waals surface area contributed by atoms with Gasteiger partial charge in [-0.05, 0) is 125 Å². The summed E-state index contributed by atoms with van der Waals surface area (Å²) in [7, 11) is 0. The zero-order valence-electron chi connectivity index (χ0n) is 35.3. The molecule has 1 nitrogen and oxygen atoms in total. The Balaban J connectivity index is 1.01. The molecule has 3 aliphatic rings. The molecule has 0 fully saturated rings. The second-order valence-corrected chi connectivity index (χ2v) is 17.9. The van der Waals surface area contributed by atoms with E-state index in [0.29, 0.717) is 0 Å². The van der Waals surface area contributed by atoms with E-state index in [1.54, 1.807) is 0 Å². The molecule has 0 radical (unpaired) electrons. The molecule has 0 saturated carbocycles. The lowest BCUT2D eigenvalue weighted by Gasteiger charge is -2.30. The largest absolute Gasteiger partial charge is 0.310 e. The third-order valence-corrected chi connectivity index (χ3v) is 14.5. The van der Waals surface area contributed by atoms with Crippen LogP contribution in [0, 0.1) is 0 Å². The Morgan fingerprint density at radius 3 is 1.44 bits per heavy atom. The van der Waals surface area contributed by atoms with Crippen molar-refractivity contribution in [3.05, 3.63) is 258 Å². The van der Waals surface area contributed by atoms with Crippen LogP contribution < -0.4 is 4.90 Å². The summed E-state index contributed by atoms with van der Waals surface area (Å²) in [6, 6.07) is 83.8. The standard InChI is InChI=1S/C62H43N/c1-61(2)52-26-12-10-23-50(52)59-57(39-43-19-6-7-20-47(43)60(59)61)63(44-35-31-41(32-36-44)40-17-4-3-5-18-40)45-37-33-42(34-38-45)46-25-16-30-56-58(46)51-24-11-15-29-55(51)62(56)53-27-13-8-21-48(53)49-22-9-14-28-54(49)62/h3-39H,1-2H3. The van der Waals surface area contributed by atoms with Gasteiger partial charge in [0.1, 0.15) is 0 Å². The van der Waals surface area contributed by atoms with Gasteiger partial charge in [-0.2, -0.15) is 0 Å². The van der Waals surface area contributed by atoms with E-state index in [4.69, 9.17) is 0 Å². The molecule has 0 atom stereocenters. The van der Waals surface area contributed by atoms with E-state index < -0.39 is 0 Å². The zero-order valence-corrected chi connectivity index (χ0v) is 35.3. The van der Waals surface area contributed by atoms with Crippen molar-refractivity contribution in [2.24, 2.45) is 0 Å². The van der Waals surface area contributed by atoms with Gasteiger partial charge in [0.15, 0.2) is 0 Å². The van der Waals surface area contributed by atoms with Crippen molar-refractivity contribution in [3.63, 3.8) is 0 Å². The van der Waals surface area contributed by atoms with E-state index in [0.717, 1.165) is 11.4 Å². The van der Waals surface area contributed by atoms with Crippen molar-refractivity contribution in [1.29, 1.82) is 0 Å². The van der Waals surface area contributed by atoms with Gasteiger partial charge in [0, 0.05) is 22.4 Å². The van der Waals surface area contributed by atoms with Crippen molar-refractivity contribution in [2.75, 3.05) is 4.90 Å². The van der Waals surface area contributed by atoms with Crippen LogP contribution in [0.2, 0.25) is 0 Å². The minimum absolute atomic E-state index is 0.171. The summed E-state index contributed by atoms with van der Waals surface area (Å²) in [5, 5.41) is 2.56. The highest BCUT2D eigenvalue weighted by molar-refractivity contribution is 6.06. The van der Waals surface area contributed by atoms with Gasteiger partial charge in [0.2, 0.25) is 0 Å². The summed E-state index contributed by atoms with van der Waals surface area (Å²) >= 11 is 0. The maximum atomic E-state index is 2.49. The van der Waals surface area contributed by atoms with Crippen LogP contribution >= 0.6 is 0 Å². The molecule has 3 aliphatic carbocycles. The van der Waals surface area contributed by atoms with Gasteiger partial charge >= 0.3 is 0 Å². The van der Waals surface area contributed by atoms with Gasteiger partial charge in [-0.1, -0.05) is 208 Å². The van der Waals surface area contributed by atoms with E-state index in [-0.39, 0.29) is 10.8 Å². The lowest BCUT2D eigenvalue weighted by Crippen LogP contribution is -2.25. The van der Waals surface area contributed by atoms with Crippen LogP contribution in [0.4, 0.5) is 17.1 Å². The number of rotatable bonds is 5. The Morgan fingerprint density at radius 1 is 0.333 bits per heavy atom. The van der Waals surface area contributed by atoms with Crippen LogP contribution in [0.25, 0.3) is 66.4 Å². The van der Waals surface area contributed by atoms with Crippen LogP contribution in [-0.2, 0) is 10.8 Å². The van der Waals surface area contributed by atoms with Crippen molar-refractivity contribution in [3.8, 4) is 55.6 Å². The Labute approximate surface area is 369 Å². The second-order valence-electron chi connectivity index (χ2n) is 17.9. The fourth-order valence-electron chi connectivity index (χ4n) is 11.8. The van der Waals surface area contributed by atoms with Crippen LogP contribution in [0.1, 0.15) is 47.2 Å². The Kier molecular flexibility index (Phi) is 7.64. The zero-order chi connectivity index (χ0) is 41.9. The van der Waals surface area contributed by atoms with Crippen molar-refractivity contribution < 1.29 is 0 Å². The number of nitrogens with zero attached hydrogens (tertiary/aromatic N) is 1. The lowest BCUT2D eigenvalue weighted by atomic mass is 9.70. The van der Waals surface area contributed by atoms with Gasteiger partial charge in [-0.25, -0.2) is 0 Å². The molecule has 296 valence electrons. The number of fused-ring (bicyclic) bond motifs is 15. The molecule has 63 heavy (non-hydrogen) atoms. The quantitative estimate of drug-likeness (QED) is 0.168. The summed E-state index contributed by atoms with van der Waals surface area (Å²) in [5.41, 5.74) is 23.9. The molecule has 0 unspecified atom stereocenters. The van der Waals surface area contributed by atoms with E-state index >= 15 is 0 Å². The SMILES string of the molecule is CC1(C)c2ccccc2-c2c(N(c3ccc(-c4ccccc4)cc3)c3ccc(-c4cccc5c4-c4ccccc4C54c5ccccc5-c5ccccc54)cc3)cc3ccccc3c21. The summed E-state index contributed by atoms with van der Waals surface area (Å²) in [4.78, 5) is 2.49. The first-order chi connectivity index (χ1) is 31.0. The number of hydrogen-bond donors (Lipinski definition) is 0. The number of hydrogen-bond acceptors (Lipinski definition) is 1. The minimum Gasteiger partial charge on any atom is -0.310 e. The van der Waals surface area contributed by atoms with Gasteiger partial charge in [0.05, 0.1) is 11.1 Å². The fourth-order valence-corrected chi connectivity index (χ4v) is 11.8. The van der Waals surface area contributed by atoms with Crippen LogP contribution in [0.15, 0.2) is 224 Å². The molecule has 0 bridgehead atoms. The monoisotopic (exact) mass is 801 g/mol. The predicted molar refractivity (Wildman–Crippen MR) is 263 cm³/mol. The molecule has 0 aliphatic heterocycles. The highest BCUT2D eigenvalue weighted by Crippen LogP contribution is 2.64. The van der Waals surface area contributed by atoms with E-state index in [2.05, 4.69) is 243 Å². The summed E-state index contributed by atoms with van der Waals surface area (Å²) < 4.78 is 0. The molecule has 10 aromatic rings. The van der Waals surface area contributed by atoms with Crippen molar-refractivity contribution >= 4 is 27.8 Å². The average molecular weight is 802 g/mol. The normalized spacial score (nSPS) is 14.1. The van der Waals surface area contributed by atoms with Gasteiger partial charge < -0.3 is 4.90 Å². The molecule has 0 amide bonds. The van der Waals surface area contributed by atoms with Crippen molar-refractivity contribution in [1.82, 2.24) is 0 Å². The predicted octanol–water partition coefficient (Wildman–Crippen LogP) is 16.3. The smallest absolute Gasteiger partial charge is 0.0725 e. The lowest BCUT2D eigenvalue weighted by molar-refractivity contribution is 0.666. The molecular weight excluding hydrogens is 759 g/mol. The maximum Gasteiger partial charge on any atom is 0.0725 e.